The van der Waals surface area contributed by atoms with Crippen LogP contribution in [0.3, 0.4) is 0 Å². The molecule has 0 bridgehead atoms. The van der Waals surface area contributed by atoms with E-state index in [0.29, 0.717) is 6.04 Å². The van der Waals surface area contributed by atoms with Crippen LogP contribution < -0.4 is 0 Å². The first-order valence-electron chi connectivity index (χ1n) is 8.53. The number of aryl methyl sites for hydroxylation is 1. The number of fused-ring (bicyclic) bond motifs is 2. The number of aliphatic hydroxyl groups is 1. The molecule has 5 nitrogen and oxygen atoms in total. The predicted octanol–water partition coefficient (Wildman–Crippen LogP) is 2.15. The highest BCUT2D eigenvalue weighted by Crippen LogP contribution is 2.43. The van der Waals surface area contributed by atoms with Crippen LogP contribution >= 0.6 is 0 Å². The summed E-state index contributed by atoms with van der Waals surface area (Å²) in [4.78, 5) is 7.15. The molecule has 23 heavy (non-hydrogen) atoms. The lowest BCUT2D eigenvalue weighted by Gasteiger charge is -2.42. The third-order valence-electron chi connectivity index (χ3n) is 5.85. The topological polar surface area (TPSA) is 50.0 Å². The standard InChI is InChI=1S/C18H25N3O2/c1-13-15(21-9-4-3-5-17(21)19-13)12-20-10-8-18(23-2)7-6-14(22)11-16(18)20/h3-5,9,14,16,22H,6-8,10-12H2,1-2H3/t14-,16-,18+/m0/s1. The Labute approximate surface area is 136 Å². The number of methoxy groups -OCH3 is 1. The number of aromatic nitrogens is 2. The Kier molecular flexibility index (Phi) is 3.67. The number of aliphatic hydroxyl groups excluding tert-OH is 1. The summed E-state index contributed by atoms with van der Waals surface area (Å²) < 4.78 is 8.12. The Morgan fingerprint density at radius 3 is 3.09 bits per heavy atom. The monoisotopic (exact) mass is 315 g/mol. The van der Waals surface area contributed by atoms with Gasteiger partial charge in [-0.25, -0.2) is 4.98 Å². The van der Waals surface area contributed by atoms with Crippen molar-refractivity contribution in [1.29, 1.82) is 0 Å². The second-order valence-electron chi connectivity index (χ2n) is 7.01. The van der Waals surface area contributed by atoms with E-state index in [0.717, 1.165) is 50.1 Å². The molecule has 1 aliphatic carbocycles. The summed E-state index contributed by atoms with van der Waals surface area (Å²) in [5.74, 6) is 0. The van der Waals surface area contributed by atoms with Gasteiger partial charge in [-0.3, -0.25) is 4.90 Å². The molecule has 1 N–H and O–H groups in total. The third kappa shape index (κ3) is 2.38. The van der Waals surface area contributed by atoms with E-state index in [1.165, 1.54) is 5.69 Å². The molecular formula is C18H25N3O2. The van der Waals surface area contributed by atoms with Crippen molar-refractivity contribution in [2.75, 3.05) is 13.7 Å². The predicted molar refractivity (Wildman–Crippen MR) is 88.3 cm³/mol. The SMILES string of the molecule is CO[C@@]12CC[C@H](O)C[C@@H]1N(Cc1c(C)nc3ccccn13)CC2. The van der Waals surface area contributed by atoms with Gasteiger partial charge in [0.15, 0.2) is 0 Å². The second-order valence-corrected chi connectivity index (χ2v) is 7.01. The van der Waals surface area contributed by atoms with Crippen molar-refractivity contribution in [2.45, 2.75) is 56.9 Å². The number of pyridine rings is 1. The number of hydrogen-bond donors (Lipinski definition) is 1. The highest BCUT2D eigenvalue weighted by molar-refractivity contribution is 5.42. The molecule has 0 amide bonds. The van der Waals surface area contributed by atoms with Crippen LogP contribution in [0.5, 0.6) is 0 Å². The van der Waals surface area contributed by atoms with Gasteiger partial charge in [-0.05, 0) is 44.7 Å². The van der Waals surface area contributed by atoms with Crippen LogP contribution in [0.25, 0.3) is 5.65 Å². The molecule has 1 saturated heterocycles. The smallest absolute Gasteiger partial charge is 0.137 e. The third-order valence-corrected chi connectivity index (χ3v) is 5.85. The molecule has 5 heteroatoms. The van der Waals surface area contributed by atoms with E-state index in [1.807, 2.05) is 25.3 Å². The number of rotatable bonds is 3. The molecule has 0 radical (unpaired) electrons. The number of hydrogen-bond acceptors (Lipinski definition) is 4. The molecule has 2 aromatic rings. The molecule has 0 spiro atoms. The van der Waals surface area contributed by atoms with E-state index in [2.05, 4.69) is 27.4 Å². The van der Waals surface area contributed by atoms with Gasteiger partial charge in [-0.15, -0.1) is 0 Å². The van der Waals surface area contributed by atoms with Crippen molar-refractivity contribution in [2.24, 2.45) is 0 Å². The lowest BCUT2D eigenvalue weighted by atomic mass is 9.79. The molecular weight excluding hydrogens is 290 g/mol. The van der Waals surface area contributed by atoms with Crippen LogP contribution in [-0.4, -0.2) is 50.8 Å². The highest BCUT2D eigenvalue weighted by atomic mass is 16.5. The fourth-order valence-corrected chi connectivity index (χ4v) is 4.51. The average molecular weight is 315 g/mol. The van der Waals surface area contributed by atoms with Gasteiger partial charge in [0.05, 0.1) is 23.1 Å². The Morgan fingerprint density at radius 1 is 1.39 bits per heavy atom. The molecule has 4 rings (SSSR count). The lowest BCUT2D eigenvalue weighted by molar-refractivity contribution is -0.0881. The van der Waals surface area contributed by atoms with E-state index < -0.39 is 0 Å². The van der Waals surface area contributed by atoms with Crippen molar-refractivity contribution in [3.05, 3.63) is 35.8 Å². The van der Waals surface area contributed by atoms with E-state index in [1.54, 1.807) is 0 Å². The van der Waals surface area contributed by atoms with Crippen molar-refractivity contribution in [1.82, 2.24) is 14.3 Å². The van der Waals surface area contributed by atoms with Gasteiger partial charge in [0.25, 0.3) is 0 Å². The summed E-state index contributed by atoms with van der Waals surface area (Å²) >= 11 is 0. The maximum atomic E-state index is 10.1. The molecule has 3 atom stereocenters. The zero-order chi connectivity index (χ0) is 16.0. The summed E-state index contributed by atoms with van der Waals surface area (Å²) in [7, 11) is 1.83. The minimum absolute atomic E-state index is 0.0758. The first-order chi connectivity index (χ1) is 11.1. The first-order valence-corrected chi connectivity index (χ1v) is 8.53. The van der Waals surface area contributed by atoms with Gasteiger partial charge < -0.3 is 14.2 Å². The van der Waals surface area contributed by atoms with Crippen LogP contribution in [0.15, 0.2) is 24.4 Å². The Bertz CT molecular complexity index is 713. The van der Waals surface area contributed by atoms with Crippen LogP contribution in [0.2, 0.25) is 0 Å². The zero-order valence-electron chi connectivity index (χ0n) is 13.9. The van der Waals surface area contributed by atoms with Gasteiger partial charge in [-0.1, -0.05) is 6.07 Å². The number of nitrogens with zero attached hydrogens (tertiary/aromatic N) is 3. The number of likely N-dealkylation sites (tertiary alicyclic amines) is 1. The van der Waals surface area contributed by atoms with Crippen LogP contribution in [0.4, 0.5) is 0 Å². The van der Waals surface area contributed by atoms with E-state index in [-0.39, 0.29) is 11.7 Å². The normalized spacial score (nSPS) is 31.6. The first kappa shape index (κ1) is 15.1. The van der Waals surface area contributed by atoms with Gasteiger partial charge in [-0.2, -0.15) is 0 Å². The average Bonchev–Trinajstić information content (AvgIpc) is 3.07. The summed E-state index contributed by atoms with van der Waals surface area (Å²) in [6.07, 6.45) is 5.55. The van der Waals surface area contributed by atoms with Gasteiger partial charge in [0.2, 0.25) is 0 Å². The van der Waals surface area contributed by atoms with Gasteiger partial charge in [0, 0.05) is 32.4 Å². The summed E-state index contributed by atoms with van der Waals surface area (Å²) in [5, 5.41) is 10.1. The lowest BCUT2D eigenvalue weighted by Crippen LogP contribution is -2.51. The maximum Gasteiger partial charge on any atom is 0.137 e. The molecule has 2 fully saturated rings. The van der Waals surface area contributed by atoms with E-state index >= 15 is 0 Å². The fourth-order valence-electron chi connectivity index (χ4n) is 4.51. The van der Waals surface area contributed by atoms with E-state index in [4.69, 9.17) is 4.74 Å². The molecule has 0 aromatic carbocycles. The molecule has 2 aliphatic rings. The van der Waals surface area contributed by atoms with Crippen molar-refractivity contribution >= 4 is 5.65 Å². The van der Waals surface area contributed by atoms with Gasteiger partial charge in [0.1, 0.15) is 5.65 Å². The quantitative estimate of drug-likeness (QED) is 0.943. The summed E-state index contributed by atoms with van der Waals surface area (Å²) in [6.45, 7) is 3.96. The van der Waals surface area contributed by atoms with Crippen molar-refractivity contribution in [3.8, 4) is 0 Å². The molecule has 2 aromatic heterocycles. The maximum absolute atomic E-state index is 10.1. The molecule has 3 heterocycles. The summed E-state index contributed by atoms with van der Waals surface area (Å²) in [5.41, 5.74) is 3.25. The minimum Gasteiger partial charge on any atom is -0.393 e. The number of imidazole rings is 1. The minimum atomic E-state index is -0.202. The fraction of sp³-hybridized carbons (Fsp3) is 0.611. The Hall–Kier alpha value is -1.43. The Morgan fingerprint density at radius 2 is 2.26 bits per heavy atom. The van der Waals surface area contributed by atoms with Crippen LogP contribution in [0, 0.1) is 6.92 Å². The molecule has 124 valence electrons. The second kappa shape index (κ2) is 5.58. The molecule has 0 unspecified atom stereocenters. The van der Waals surface area contributed by atoms with Crippen LogP contribution in [0.1, 0.15) is 37.1 Å². The highest BCUT2D eigenvalue weighted by Gasteiger charge is 2.50. The van der Waals surface area contributed by atoms with Crippen molar-refractivity contribution < 1.29 is 9.84 Å². The Balaban J connectivity index is 1.64. The zero-order valence-corrected chi connectivity index (χ0v) is 13.9. The number of ether oxygens (including phenoxy) is 1. The summed E-state index contributed by atoms with van der Waals surface area (Å²) in [6, 6.07) is 6.41. The van der Waals surface area contributed by atoms with E-state index in [9.17, 15) is 5.11 Å². The van der Waals surface area contributed by atoms with Crippen LogP contribution in [-0.2, 0) is 11.3 Å². The molecule has 1 saturated carbocycles. The van der Waals surface area contributed by atoms with Gasteiger partial charge >= 0.3 is 0 Å². The molecule has 1 aliphatic heterocycles. The largest absolute Gasteiger partial charge is 0.393 e. The van der Waals surface area contributed by atoms with Crippen molar-refractivity contribution in [3.63, 3.8) is 0 Å².